The average Bonchev–Trinajstić information content (AvgIpc) is 4.10. The van der Waals surface area contributed by atoms with Crippen LogP contribution >= 0.6 is 22.7 Å². The number of para-hydroxylation sites is 1. The number of hydrogen-bond acceptors (Lipinski definition) is 3. The van der Waals surface area contributed by atoms with Crippen LogP contribution in [-0.2, 0) is 5.41 Å². The highest BCUT2D eigenvalue weighted by Gasteiger charge is 2.48. The van der Waals surface area contributed by atoms with Gasteiger partial charge in [-0.05, 0) is 121 Å². The van der Waals surface area contributed by atoms with Gasteiger partial charge in [0.15, 0.2) is 0 Å². The summed E-state index contributed by atoms with van der Waals surface area (Å²) in [6, 6.07) is 97.1. The van der Waals surface area contributed by atoms with E-state index in [9.17, 15) is 0 Å². The minimum atomic E-state index is -0.674. The highest BCUT2D eigenvalue weighted by atomic mass is 32.1. The standard InChI is InChI=1S/C67H43NS2/c1-5-20-44(21-6-1)50-29-17-34-58-64(50)53-28-13-14-32-56(53)67(58,47-26-11-4-12-27-47)57-33-15-16-35-59(57)68(48-38-40-60-54(42-48)65-51(30-18-36-62(65)69-60)45-22-7-2-8-23-45)49-39-41-61-55(43-49)66-52(31-19-37-63(66)70-61)46-24-9-3-10-25-46/h1-43H. The third kappa shape index (κ3) is 6.22. The van der Waals surface area contributed by atoms with Gasteiger partial charge in [0.05, 0.1) is 11.1 Å². The van der Waals surface area contributed by atoms with Crippen molar-refractivity contribution in [2.24, 2.45) is 0 Å². The van der Waals surface area contributed by atoms with Crippen molar-refractivity contribution in [3.63, 3.8) is 0 Å². The summed E-state index contributed by atoms with van der Waals surface area (Å²) < 4.78 is 5.12. The molecule has 0 saturated carbocycles. The lowest BCUT2D eigenvalue weighted by Gasteiger charge is -2.38. The van der Waals surface area contributed by atoms with Crippen molar-refractivity contribution in [2.75, 3.05) is 4.90 Å². The molecule has 11 aromatic carbocycles. The van der Waals surface area contributed by atoms with Crippen LogP contribution in [0.15, 0.2) is 261 Å². The van der Waals surface area contributed by atoms with Gasteiger partial charge >= 0.3 is 0 Å². The van der Waals surface area contributed by atoms with E-state index in [-0.39, 0.29) is 0 Å². The minimum Gasteiger partial charge on any atom is -0.310 e. The molecule has 1 aliphatic rings. The number of rotatable bonds is 8. The van der Waals surface area contributed by atoms with Crippen molar-refractivity contribution < 1.29 is 0 Å². The molecule has 2 aromatic heterocycles. The molecule has 0 bridgehead atoms. The van der Waals surface area contributed by atoms with E-state index in [1.165, 1.54) is 107 Å². The van der Waals surface area contributed by atoms with Gasteiger partial charge in [0.1, 0.15) is 0 Å². The summed E-state index contributed by atoms with van der Waals surface area (Å²) in [5, 5.41) is 5.11. The molecule has 0 radical (unpaired) electrons. The lowest BCUT2D eigenvalue weighted by atomic mass is 9.67. The molecular formula is C67H43NS2. The number of hydrogen-bond donors (Lipinski definition) is 0. The maximum absolute atomic E-state index is 2.56. The maximum Gasteiger partial charge on any atom is 0.0734 e. The molecule has 1 unspecified atom stereocenters. The normalized spacial score (nSPS) is 14.1. The van der Waals surface area contributed by atoms with E-state index < -0.39 is 5.41 Å². The van der Waals surface area contributed by atoms with E-state index in [0.29, 0.717) is 0 Å². The Bertz CT molecular complexity index is 3960. The smallest absolute Gasteiger partial charge is 0.0734 e. The summed E-state index contributed by atoms with van der Waals surface area (Å²) in [5.74, 6) is 0. The Hall–Kier alpha value is -8.34. The quantitative estimate of drug-likeness (QED) is 0.147. The van der Waals surface area contributed by atoms with Crippen LogP contribution < -0.4 is 4.90 Å². The SMILES string of the molecule is c1ccc(-c2cccc3c2-c2ccccc2C3(c2ccccc2)c2ccccc2N(c2ccc3sc4cccc(-c5ccccc5)c4c3c2)c2ccc3sc4cccc(-c5ccccc5)c4c3c2)cc1. The molecule has 13 aromatic rings. The molecule has 3 heteroatoms. The molecule has 70 heavy (non-hydrogen) atoms. The van der Waals surface area contributed by atoms with Gasteiger partial charge in [-0.1, -0.05) is 206 Å². The summed E-state index contributed by atoms with van der Waals surface area (Å²) in [5.41, 5.74) is 17.7. The first-order chi connectivity index (χ1) is 34.7. The molecule has 0 aliphatic heterocycles. The number of fused-ring (bicyclic) bond motifs is 9. The Kier molecular flexibility index (Phi) is 9.55. The van der Waals surface area contributed by atoms with Crippen LogP contribution in [0.3, 0.4) is 0 Å². The first kappa shape index (κ1) is 40.7. The summed E-state index contributed by atoms with van der Waals surface area (Å²) in [4.78, 5) is 2.56. The van der Waals surface area contributed by atoms with Gasteiger partial charge in [-0.15, -0.1) is 22.7 Å². The second-order valence-corrected chi connectivity index (χ2v) is 20.4. The van der Waals surface area contributed by atoms with E-state index >= 15 is 0 Å². The number of anilines is 3. The topological polar surface area (TPSA) is 3.24 Å². The highest BCUT2D eigenvalue weighted by Crippen LogP contribution is 2.61. The first-order valence-corrected chi connectivity index (χ1v) is 25.6. The van der Waals surface area contributed by atoms with E-state index in [2.05, 4.69) is 266 Å². The zero-order valence-electron chi connectivity index (χ0n) is 38.1. The molecular weight excluding hydrogens is 883 g/mol. The molecule has 0 saturated heterocycles. The predicted octanol–water partition coefficient (Wildman–Crippen LogP) is 19.3. The number of nitrogens with zero attached hydrogens (tertiary/aromatic N) is 1. The summed E-state index contributed by atoms with van der Waals surface area (Å²) in [6.45, 7) is 0. The molecule has 1 nitrogen and oxygen atoms in total. The van der Waals surface area contributed by atoms with Crippen LogP contribution in [0.5, 0.6) is 0 Å². The summed E-state index contributed by atoms with van der Waals surface area (Å²) in [6.07, 6.45) is 0. The largest absolute Gasteiger partial charge is 0.310 e. The second-order valence-electron chi connectivity index (χ2n) is 18.3. The molecule has 0 N–H and O–H groups in total. The summed E-state index contributed by atoms with van der Waals surface area (Å²) in [7, 11) is 0. The molecule has 14 rings (SSSR count). The zero-order chi connectivity index (χ0) is 46.2. The zero-order valence-corrected chi connectivity index (χ0v) is 39.7. The van der Waals surface area contributed by atoms with Crippen molar-refractivity contribution >= 4 is 80.1 Å². The fraction of sp³-hybridized carbons (Fsp3) is 0.0149. The fourth-order valence-electron chi connectivity index (χ4n) is 11.7. The lowest BCUT2D eigenvalue weighted by molar-refractivity contribution is 0.768. The fourth-order valence-corrected chi connectivity index (χ4v) is 13.9. The van der Waals surface area contributed by atoms with Crippen molar-refractivity contribution in [1.82, 2.24) is 0 Å². The molecule has 0 spiro atoms. The molecule has 0 amide bonds. The molecule has 0 fully saturated rings. The predicted molar refractivity (Wildman–Crippen MR) is 301 cm³/mol. The van der Waals surface area contributed by atoms with E-state index in [0.717, 1.165) is 17.1 Å². The molecule has 1 atom stereocenters. The third-order valence-corrected chi connectivity index (χ3v) is 16.8. The van der Waals surface area contributed by atoms with Crippen molar-refractivity contribution in [3.05, 3.63) is 283 Å². The van der Waals surface area contributed by atoms with Gasteiger partial charge in [-0.25, -0.2) is 0 Å². The number of benzene rings is 11. The van der Waals surface area contributed by atoms with Crippen LogP contribution in [0, 0.1) is 0 Å². The van der Waals surface area contributed by atoms with E-state index in [4.69, 9.17) is 0 Å². The van der Waals surface area contributed by atoms with Crippen molar-refractivity contribution in [3.8, 4) is 44.5 Å². The average molecular weight is 926 g/mol. The van der Waals surface area contributed by atoms with Gasteiger partial charge in [0.25, 0.3) is 0 Å². The van der Waals surface area contributed by atoms with Gasteiger partial charge in [0.2, 0.25) is 0 Å². The molecule has 328 valence electrons. The summed E-state index contributed by atoms with van der Waals surface area (Å²) >= 11 is 3.75. The van der Waals surface area contributed by atoms with Crippen LogP contribution in [0.4, 0.5) is 17.1 Å². The molecule has 1 aliphatic carbocycles. The van der Waals surface area contributed by atoms with Gasteiger partial charge < -0.3 is 4.90 Å². The van der Waals surface area contributed by atoms with Crippen molar-refractivity contribution in [2.45, 2.75) is 5.41 Å². The van der Waals surface area contributed by atoms with Gasteiger partial charge in [-0.2, -0.15) is 0 Å². The second kappa shape index (κ2) is 16.4. The van der Waals surface area contributed by atoms with Gasteiger partial charge in [-0.3, -0.25) is 0 Å². The Labute approximate surface area is 415 Å². The van der Waals surface area contributed by atoms with Crippen LogP contribution in [0.1, 0.15) is 22.3 Å². The van der Waals surface area contributed by atoms with Crippen LogP contribution in [0.2, 0.25) is 0 Å². The number of thiophene rings is 2. The maximum atomic E-state index is 2.56. The molecule has 2 heterocycles. The Morgan fingerprint density at radius 1 is 0.300 bits per heavy atom. The van der Waals surface area contributed by atoms with E-state index in [1.807, 2.05) is 22.7 Å². The van der Waals surface area contributed by atoms with Crippen LogP contribution in [-0.4, -0.2) is 0 Å². The first-order valence-electron chi connectivity index (χ1n) is 24.0. The van der Waals surface area contributed by atoms with Gasteiger partial charge in [0, 0.05) is 51.7 Å². The third-order valence-electron chi connectivity index (χ3n) is 14.6. The minimum absolute atomic E-state index is 0.674. The van der Waals surface area contributed by atoms with E-state index in [1.54, 1.807) is 0 Å². The Morgan fingerprint density at radius 3 is 1.30 bits per heavy atom. The Morgan fingerprint density at radius 2 is 0.729 bits per heavy atom. The Balaban J connectivity index is 1.09. The van der Waals surface area contributed by atoms with Crippen LogP contribution in [0.25, 0.3) is 84.9 Å². The monoisotopic (exact) mass is 925 g/mol. The van der Waals surface area contributed by atoms with Crippen molar-refractivity contribution in [1.29, 1.82) is 0 Å². The highest BCUT2D eigenvalue weighted by molar-refractivity contribution is 7.26. The lowest BCUT2D eigenvalue weighted by Crippen LogP contribution is -2.30.